The average molecular weight is 319 g/mol. The van der Waals surface area contributed by atoms with Crippen molar-refractivity contribution < 1.29 is 9.31 Å². The van der Waals surface area contributed by atoms with Crippen LogP contribution in [0.2, 0.25) is 0 Å². The van der Waals surface area contributed by atoms with Crippen LogP contribution in [0.5, 0.6) is 0 Å². The van der Waals surface area contributed by atoms with E-state index in [1.165, 1.54) is 5.69 Å². The molecule has 0 unspecified atom stereocenters. The van der Waals surface area contributed by atoms with E-state index in [1.807, 2.05) is 26.2 Å². The minimum atomic E-state index is -0.349. The maximum absolute atomic E-state index is 6.14. The van der Waals surface area contributed by atoms with E-state index in [1.54, 1.807) is 0 Å². The molecule has 0 aromatic heterocycles. The highest BCUT2D eigenvalue weighted by molar-refractivity contribution is 7.80. The van der Waals surface area contributed by atoms with Crippen LogP contribution in [0, 0.1) is 0 Å². The van der Waals surface area contributed by atoms with Crippen LogP contribution in [-0.4, -0.2) is 38.2 Å². The van der Waals surface area contributed by atoms with Gasteiger partial charge >= 0.3 is 7.12 Å². The molecule has 0 radical (unpaired) electrons. The second kappa shape index (κ2) is 6.30. The van der Waals surface area contributed by atoms with Gasteiger partial charge in [0.15, 0.2) is 0 Å². The van der Waals surface area contributed by atoms with Gasteiger partial charge in [-0.3, -0.25) is 0 Å². The predicted octanol–water partition coefficient (Wildman–Crippen LogP) is 3.70. The molecule has 1 aromatic carbocycles. The van der Waals surface area contributed by atoms with Crippen LogP contribution in [-0.2, 0) is 9.31 Å². The third kappa shape index (κ3) is 3.37. The molecule has 0 spiro atoms. The van der Waals surface area contributed by atoms with Crippen molar-refractivity contribution in [3.63, 3.8) is 0 Å². The highest BCUT2D eigenvalue weighted by Gasteiger charge is 2.52. The van der Waals surface area contributed by atoms with Crippen LogP contribution in [0.1, 0.15) is 33.3 Å². The van der Waals surface area contributed by atoms with E-state index >= 15 is 0 Å². The molecular formula is C17H26BNO2S. The van der Waals surface area contributed by atoms with Crippen LogP contribution < -0.4 is 4.90 Å². The molecule has 0 N–H and O–H groups in total. The fourth-order valence-corrected chi connectivity index (χ4v) is 2.64. The summed E-state index contributed by atoms with van der Waals surface area (Å²) in [5.41, 5.74) is 2.68. The Morgan fingerprint density at radius 1 is 1.14 bits per heavy atom. The smallest absolute Gasteiger partial charge is 0.400 e. The second-order valence-corrected chi connectivity index (χ2v) is 7.24. The molecule has 2 rings (SSSR count). The number of nitrogens with zero attached hydrogens (tertiary/aromatic N) is 1. The normalized spacial score (nSPS) is 20.3. The second-order valence-electron chi connectivity index (χ2n) is 6.92. The van der Waals surface area contributed by atoms with E-state index < -0.39 is 0 Å². The first-order valence-electron chi connectivity index (χ1n) is 7.61. The van der Waals surface area contributed by atoms with Crippen molar-refractivity contribution in [1.82, 2.24) is 0 Å². The van der Waals surface area contributed by atoms with Crippen molar-refractivity contribution in [3.05, 3.63) is 35.3 Å². The van der Waals surface area contributed by atoms with Gasteiger partial charge in [-0.05, 0) is 44.8 Å². The van der Waals surface area contributed by atoms with E-state index in [2.05, 4.69) is 63.4 Å². The van der Waals surface area contributed by atoms with Crippen LogP contribution >= 0.6 is 12.6 Å². The van der Waals surface area contributed by atoms with Gasteiger partial charge in [0.05, 0.1) is 11.2 Å². The first-order valence-corrected chi connectivity index (χ1v) is 8.24. The Hall–Kier alpha value is -0.905. The summed E-state index contributed by atoms with van der Waals surface area (Å²) in [5.74, 6) is 0.596. The van der Waals surface area contributed by atoms with E-state index in [9.17, 15) is 0 Å². The maximum atomic E-state index is 6.14. The molecule has 1 aliphatic heterocycles. The summed E-state index contributed by atoms with van der Waals surface area (Å²) in [4.78, 5) is 2.10. The number of hydrogen-bond donors (Lipinski definition) is 1. The first-order chi connectivity index (χ1) is 10.2. The molecule has 120 valence electrons. The summed E-state index contributed by atoms with van der Waals surface area (Å²) in [6, 6.07) is 8.29. The van der Waals surface area contributed by atoms with Crippen LogP contribution in [0.4, 0.5) is 5.69 Å². The van der Waals surface area contributed by atoms with E-state index in [-0.39, 0.29) is 18.3 Å². The summed E-state index contributed by atoms with van der Waals surface area (Å²) in [6.07, 6.45) is 2.13. The van der Waals surface area contributed by atoms with Gasteiger partial charge in [-0.2, -0.15) is 12.6 Å². The van der Waals surface area contributed by atoms with Gasteiger partial charge in [0.1, 0.15) is 0 Å². The van der Waals surface area contributed by atoms with Gasteiger partial charge in [0.25, 0.3) is 0 Å². The lowest BCUT2D eigenvalue weighted by atomic mass is 9.78. The minimum Gasteiger partial charge on any atom is -0.400 e. The Kier molecular flexibility index (Phi) is 5.00. The zero-order valence-corrected chi connectivity index (χ0v) is 15.3. The molecule has 0 aliphatic carbocycles. The van der Waals surface area contributed by atoms with E-state index in [0.717, 1.165) is 11.0 Å². The molecule has 1 saturated heterocycles. The van der Waals surface area contributed by atoms with Gasteiger partial charge < -0.3 is 14.2 Å². The van der Waals surface area contributed by atoms with Gasteiger partial charge in [0.2, 0.25) is 0 Å². The Morgan fingerprint density at radius 2 is 1.68 bits per heavy atom. The molecule has 1 heterocycles. The summed E-state index contributed by atoms with van der Waals surface area (Å²) in [7, 11) is 3.74. The molecule has 22 heavy (non-hydrogen) atoms. The van der Waals surface area contributed by atoms with E-state index in [4.69, 9.17) is 9.31 Å². The predicted molar refractivity (Wildman–Crippen MR) is 98.7 cm³/mol. The van der Waals surface area contributed by atoms with Crippen LogP contribution in [0.25, 0.3) is 6.08 Å². The molecular weight excluding hydrogens is 293 g/mol. The molecule has 0 bridgehead atoms. The van der Waals surface area contributed by atoms with Gasteiger partial charge in [0, 0.05) is 25.5 Å². The van der Waals surface area contributed by atoms with Crippen molar-refractivity contribution in [3.8, 4) is 0 Å². The van der Waals surface area contributed by atoms with Crippen molar-refractivity contribution in [2.24, 2.45) is 0 Å². The first kappa shape index (κ1) is 17.4. The van der Waals surface area contributed by atoms with Crippen molar-refractivity contribution in [2.45, 2.75) is 38.9 Å². The highest BCUT2D eigenvalue weighted by Crippen LogP contribution is 2.39. The van der Waals surface area contributed by atoms with Crippen molar-refractivity contribution in [2.75, 3.05) is 24.7 Å². The molecule has 1 fully saturated rings. The lowest BCUT2D eigenvalue weighted by Gasteiger charge is -2.32. The number of benzene rings is 1. The molecule has 1 aromatic rings. The fourth-order valence-electron chi connectivity index (χ4n) is 2.40. The van der Waals surface area contributed by atoms with Gasteiger partial charge in [-0.25, -0.2) is 0 Å². The Balaban J connectivity index is 2.34. The summed E-state index contributed by atoms with van der Waals surface area (Å²) < 4.78 is 12.3. The quantitative estimate of drug-likeness (QED) is 0.676. The lowest BCUT2D eigenvalue weighted by Crippen LogP contribution is -2.41. The molecule has 1 aliphatic rings. The monoisotopic (exact) mass is 319 g/mol. The maximum Gasteiger partial charge on any atom is 0.491 e. The molecule has 0 saturated carbocycles. The molecule has 5 heteroatoms. The van der Waals surface area contributed by atoms with Crippen molar-refractivity contribution in [1.29, 1.82) is 0 Å². The number of thiol groups is 1. The third-order valence-electron chi connectivity index (χ3n) is 4.50. The van der Waals surface area contributed by atoms with Gasteiger partial charge in [-0.15, -0.1) is 0 Å². The number of hydrogen-bond acceptors (Lipinski definition) is 4. The molecule has 0 atom stereocenters. The Bertz CT molecular complexity index is 554. The van der Waals surface area contributed by atoms with E-state index in [0.29, 0.717) is 5.75 Å². The fraction of sp³-hybridized carbons (Fsp3) is 0.529. The SMILES string of the molecule is CN(C)c1ccccc1C=C(CS)B1OC(C)(C)C(C)(C)O1. The largest absolute Gasteiger partial charge is 0.491 e. The standard InChI is InChI=1S/C17H26BNO2S/c1-16(2)17(3,4)21-18(20-16)14(12-22)11-13-9-7-8-10-15(13)19(5)6/h7-11,22H,12H2,1-6H3. The average Bonchev–Trinajstić information content (AvgIpc) is 2.64. The summed E-state index contributed by atoms with van der Waals surface area (Å²) in [5, 5.41) is 0. The van der Waals surface area contributed by atoms with Gasteiger partial charge in [-0.1, -0.05) is 24.3 Å². The zero-order chi connectivity index (χ0) is 16.5. The lowest BCUT2D eigenvalue weighted by molar-refractivity contribution is 0.00578. The van der Waals surface area contributed by atoms with Crippen LogP contribution in [0.15, 0.2) is 29.7 Å². The third-order valence-corrected chi connectivity index (χ3v) is 4.86. The summed E-state index contributed by atoms with van der Waals surface area (Å²) >= 11 is 4.48. The number of para-hydroxylation sites is 1. The molecule has 3 nitrogen and oxygen atoms in total. The van der Waals surface area contributed by atoms with Crippen molar-refractivity contribution >= 4 is 31.5 Å². The topological polar surface area (TPSA) is 21.7 Å². The molecule has 0 amide bonds. The summed E-state index contributed by atoms with van der Waals surface area (Å²) in [6.45, 7) is 8.27. The highest BCUT2D eigenvalue weighted by atomic mass is 32.1. The Morgan fingerprint density at radius 3 is 2.18 bits per heavy atom. The van der Waals surface area contributed by atoms with Crippen LogP contribution in [0.3, 0.4) is 0 Å². The number of anilines is 1. The Labute approximate surface area is 140 Å². The number of rotatable bonds is 4. The minimum absolute atomic E-state index is 0.333. The zero-order valence-electron chi connectivity index (χ0n) is 14.4.